The molecule has 0 saturated heterocycles. The van der Waals surface area contributed by atoms with Gasteiger partial charge in [0.25, 0.3) is 0 Å². The topological polar surface area (TPSA) is 198 Å². The fourth-order valence-corrected chi connectivity index (χ4v) is 17.1. The summed E-state index contributed by atoms with van der Waals surface area (Å²) in [5, 5.41) is 21.3. The first-order chi connectivity index (χ1) is 44.9. The minimum absolute atomic E-state index is 0.0150. The van der Waals surface area contributed by atoms with Crippen molar-refractivity contribution >= 4 is 35.8 Å². The normalized spacial score (nSPS) is 29.7. The molecule has 2 unspecified atom stereocenters. The molecule has 0 amide bonds. The molecule has 14 heteroatoms. The smallest absolute Gasteiger partial charge is 0.312 e. The Bertz CT molecular complexity index is 2490. The number of carbonyl (C=O) groups is 6. The molecule has 0 spiro atoms. The third-order valence-corrected chi connectivity index (χ3v) is 26.2. The molecule has 2 atom stereocenters. The van der Waals surface area contributed by atoms with Gasteiger partial charge < -0.3 is 38.6 Å². The maximum atomic E-state index is 12.4. The second-order valence-corrected chi connectivity index (χ2v) is 37.3. The van der Waals surface area contributed by atoms with E-state index in [4.69, 9.17) is 28.4 Å². The van der Waals surface area contributed by atoms with Gasteiger partial charge in [0.1, 0.15) is 34.1 Å². The lowest BCUT2D eigenvalue weighted by molar-refractivity contribution is -0.264. The first-order valence-corrected chi connectivity index (χ1v) is 39.7. The number of hydrogen-bond acceptors (Lipinski definition) is 14. The van der Waals surface area contributed by atoms with Crippen molar-refractivity contribution in [2.45, 2.75) is 435 Å². The van der Waals surface area contributed by atoms with Gasteiger partial charge in [-0.15, -0.1) is 0 Å². The van der Waals surface area contributed by atoms with Gasteiger partial charge in [-0.3, -0.25) is 28.8 Å². The van der Waals surface area contributed by atoms with Crippen LogP contribution >= 0.6 is 0 Å². The average molecular weight is 1370 g/mol. The van der Waals surface area contributed by atoms with Crippen LogP contribution in [0.3, 0.4) is 0 Å². The molecule has 12 fully saturated rings. The van der Waals surface area contributed by atoms with E-state index in [1.54, 1.807) is 0 Å². The van der Waals surface area contributed by atoms with Gasteiger partial charge in [-0.2, -0.15) is 0 Å². The summed E-state index contributed by atoms with van der Waals surface area (Å²) < 4.78 is 34.7. The summed E-state index contributed by atoms with van der Waals surface area (Å²) in [6.07, 6.45) is 38.9. The highest BCUT2D eigenvalue weighted by molar-refractivity contribution is 5.78. The minimum Gasteiger partial charge on any atom is -0.462 e. The number of ether oxygens (including phenoxy) is 6. The molecule has 12 saturated carbocycles. The van der Waals surface area contributed by atoms with Crippen LogP contribution in [0.4, 0.5) is 0 Å². The highest BCUT2D eigenvalue weighted by Crippen LogP contribution is 2.61. The predicted molar refractivity (Wildman–Crippen MR) is 387 cm³/mol. The molecule has 12 aliphatic rings. The van der Waals surface area contributed by atoms with Gasteiger partial charge in [0.15, 0.2) is 0 Å². The van der Waals surface area contributed by atoms with Crippen molar-refractivity contribution in [3.05, 3.63) is 0 Å². The zero-order valence-electron chi connectivity index (χ0n) is 66.1. The maximum Gasteiger partial charge on any atom is 0.312 e. The third kappa shape index (κ3) is 23.1. The summed E-state index contributed by atoms with van der Waals surface area (Å²) in [4.78, 5) is 72.4. The summed E-state index contributed by atoms with van der Waals surface area (Å²) >= 11 is 0. The molecule has 0 radical (unpaired) electrons. The van der Waals surface area contributed by atoms with Crippen LogP contribution in [0, 0.1) is 56.2 Å². The van der Waals surface area contributed by atoms with E-state index in [9.17, 15) is 39.0 Å². The zero-order chi connectivity index (χ0) is 73.0. The standard InChI is InChI=1S/C16H26O4.C16H26O2.C14H26O2.C13H24O2.2C12H22O2/c1-4-13(2,3)12(17)20-16-7-11-5-14(18,9-16)8-15(19,6-11)10-16;1-4-15(2,3)14(17)18-16-8-11-5-12(9-16)7-13(6-11)10-16;1-5-13(3,4)12(15)16-14(6-2)10-8-7-9-11-14;1-5-12(3,4)11(14)15-13(6-2)9-7-8-10-13;1-5-11(2,3)10(13)14-12(4)8-6-7-9-12;1-4-12(2,3)11(13)14-10-8-6-5-7-9-10/h11,18-19H,4-10H2,1-3H3;11-13H,4-10H2,1-3H3;5-11H2,1-4H3;5-10H2,1-4H3;5-9H2,1-4H3;10H,4-9H2,1-3H3. The molecule has 0 aromatic heterocycles. The van der Waals surface area contributed by atoms with Crippen LogP contribution in [0.15, 0.2) is 0 Å². The van der Waals surface area contributed by atoms with Gasteiger partial charge in [-0.05, 0) is 326 Å². The molecule has 0 aromatic carbocycles. The first-order valence-electron chi connectivity index (χ1n) is 39.7. The minimum atomic E-state index is -0.842. The van der Waals surface area contributed by atoms with E-state index in [-0.39, 0.29) is 97.3 Å². The molecule has 562 valence electrons. The monoisotopic (exact) mass is 1370 g/mol. The molecule has 12 aliphatic carbocycles. The number of esters is 6. The van der Waals surface area contributed by atoms with E-state index < -0.39 is 22.2 Å². The van der Waals surface area contributed by atoms with Crippen LogP contribution in [0.25, 0.3) is 0 Å². The van der Waals surface area contributed by atoms with Crippen LogP contribution in [-0.4, -0.2) is 91.3 Å². The van der Waals surface area contributed by atoms with Crippen molar-refractivity contribution in [3.63, 3.8) is 0 Å². The lowest BCUT2D eigenvalue weighted by Gasteiger charge is -2.62. The van der Waals surface area contributed by atoms with Crippen LogP contribution in [-0.2, 0) is 57.2 Å². The average Bonchev–Trinajstić information content (AvgIpc) is 0.935. The van der Waals surface area contributed by atoms with Gasteiger partial charge in [0.05, 0.1) is 43.7 Å². The maximum absolute atomic E-state index is 12.4. The van der Waals surface area contributed by atoms with E-state index in [1.807, 2.05) is 118 Å². The quantitative estimate of drug-likeness (QED) is 0.0862. The summed E-state index contributed by atoms with van der Waals surface area (Å²) in [5.74, 6) is 2.54. The number of hydrogen-bond donors (Lipinski definition) is 2. The lowest BCUT2D eigenvalue weighted by Crippen LogP contribution is -2.67. The second kappa shape index (κ2) is 33.9. The van der Waals surface area contributed by atoms with Gasteiger partial charge in [-0.25, -0.2) is 0 Å². The molecular weight excluding hydrogens is 1220 g/mol. The molecule has 2 N–H and O–H groups in total. The van der Waals surface area contributed by atoms with Gasteiger partial charge in [0.2, 0.25) is 0 Å². The van der Waals surface area contributed by atoms with E-state index in [2.05, 4.69) is 27.7 Å². The molecule has 0 heterocycles. The number of rotatable bonds is 20. The van der Waals surface area contributed by atoms with Gasteiger partial charge in [0, 0.05) is 19.3 Å². The Morgan fingerprint density at radius 3 is 0.969 bits per heavy atom. The van der Waals surface area contributed by atoms with Crippen molar-refractivity contribution in [1.82, 2.24) is 0 Å². The van der Waals surface area contributed by atoms with Gasteiger partial charge >= 0.3 is 35.8 Å². The molecule has 14 nitrogen and oxygen atoms in total. The van der Waals surface area contributed by atoms with Crippen molar-refractivity contribution in [2.75, 3.05) is 0 Å². The van der Waals surface area contributed by atoms with E-state index >= 15 is 0 Å². The van der Waals surface area contributed by atoms with Gasteiger partial charge in [-0.1, -0.05) is 68.2 Å². The highest BCUT2D eigenvalue weighted by atomic mass is 16.6. The largest absolute Gasteiger partial charge is 0.462 e. The molecular formula is C83H146O14. The Morgan fingerprint density at radius 2 is 0.629 bits per heavy atom. The zero-order valence-corrected chi connectivity index (χ0v) is 66.1. The van der Waals surface area contributed by atoms with Crippen molar-refractivity contribution in [3.8, 4) is 0 Å². The van der Waals surface area contributed by atoms with Crippen LogP contribution in [0.2, 0.25) is 0 Å². The lowest BCUT2D eigenvalue weighted by atomic mass is 9.50. The Kier molecular flexibility index (Phi) is 29.5. The molecule has 12 rings (SSSR count). The van der Waals surface area contributed by atoms with Crippen molar-refractivity contribution < 1.29 is 67.4 Å². The fraction of sp³-hybridized carbons (Fsp3) is 0.928. The van der Waals surface area contributed by atoms with Crippen LogP contribution in [0.1, 0.15) is 389 Å². The third-order valence-electron chi connectivity index (χ3n) is 26.2. The van der Waals surface area contributed by atoms with Crippen LogP contribution < -0.4 is 0 Å². The summed E-state index contributed by atoms with van der Waals surface area (Å²) in [7, 11) is 0. The SMILES string of the molecule is CCC(C)(C)C(=O)OC1(C)CCCC1.CCC(C)(C)C(=O)OC12CC3CC(CC(C3)C1)C2.CCC(C)(C)C(=O)OC12CC3CC(O)(CC(O)(C3)C1)C2.CCC(C)(C)C(=O)OC1CCCCC1.CCC1(OC(=O)C(C)(C)CC)CCCC1.CCC1(OC(=O)C(C)(C)CC)CCCCC1. The fourth-order valence-electron chi connectivity index (χ4n) is 17.1. The molecule has 97 heavy (non-hydrogen) atoms. The van der Waals surface area contributed by atoms with Crippen molar-refractivity contribution in [1.29, 1.82) is 0 Å². The Morgan fingerprint density at radius 1 is 0.340 bits per heavy atom. The first kappa shape index (κ1) is 84.4. The Labute approximate surface area is 591 Å². The van der Waals surface area contributed by atoms with E-state index in [0.717, 1.165) is 159 Å². The second-order valence-electron chi connectivity index (χ2n) is 37.3. The van der Waals surface area contributed by atoms with E-state index in [1.165, 1.54) is 83.5 Å². The highest BCUT2D eigenvalue weighted by Gasteiger charge is 2.65. The number of aliphatic hydroxyl groups is 2. The Hall–Kier alpha value is -3.26. The summed E-state index contributed by atoms with van der Waals surface area (Å²) in [6, 6.07) is 0. The summed E-state index contributed by atoms with van der Waals surface area (Å²) in [5.41, 5.74) is -4.99. The molecule has 8 bridgehead atoms. The predicted octanol–water partition coefficient (Wildman–Crippen LogP) is 20.5. The van der Waals surface area contributed by atoms with Crippen molar-refractivity contribution in [2.24, 2.45) is 56.2 Å². The van der Waals surface area contributed by atoms with Crippen LogP contribution in [0.5, 0.6) is 0 Å². The number of carbonyl (C=O) groups excluding carboxylic acids is 6. The summed E-state index contributed by atoms with van der Waals surface area (Å²) in [6.45, 7) is 42.0. The van der Waals surface area contributed by atoms with E-state index in [0.29, 0.717) is 19.3 Å². The molecule has 0 aromatic rings. The Balaban J connectivity index is 0.000000212. The molecule has 0 aliphatic heterocycles.